The lowest BCUT2D eigenvalue weighted by Gasteiger charge is -2.01. The Morgan fingerprint density at radius 3 is 2.73 bits per heavy atom. The van der Waals surface area contributed by atoms with Crippen molar-refractivity contribution < 1.29 is 0 Å². The number of anilines is 1. The molecule has 2 aromatic heterocycles. The van der Waals surface area contributed by atoms with Crippen LogP contribution >= 0.6 is 22.9 Å². The van der Waals surface area contributed by atoms with Crippen molar-refractivity contribution in [2.45, 2.75) is 19.9 Å². The number of hydrogen-bond acceptors (Lipinski definition) is 3. The molecule has 3 nitrogen and oxygen atoms in total. The van der Waals surface area contributed by atoms with Crippen molar-refractivity contribution in [3.05, 3.63) is 33.1 Å². The average molecular weight is 242 g/mol. The molecule has 0 atom stereocenters. The Morgan fingerprint density at radius 2 is 2.20 bits per heavy atom. The van der Waals surface area contributed by atoms with Gasteiger partial charge in [0, 0.05) is 9.75 Å². The molecule has 80 valence electrons. The van der Waals surface area contributed by atoms with E-state index in [1.54, 1.807) is 22.2 Å². The summed E-state index contributed by atoms with van der Waals surface area (Å²) in [5.41, 5.74) is 5.76. The predicted molar refractivity (Wildman–Crippen MR) is 64.4 cm³/mol. The van der Waals surface area contributed by atoms with Gasteiger partial charge < -0.3 is 5.73 Å². The van der Waals surface area contributed by atoms with Crippen LogP contribution < -0.4 is 5.73 Å². The summed E-state index contributed by atoms with van der Waals surface area (Å²) in [5.74, 6) is 0.531. The molecule has 2 N–H and O–H groups in total. The highest BCUT2D eigenvalue weighted by molar-refractivity contribution is 7.11. The zero-order chi connectivity index (χ0) is 10.8. The maximum atomic E-state index is 5.82. The minimum atomic E-state index is 0.516. The Labute approximate surface area is 97.5 Å². The molecular formula is C10H12ClN3S. The minimum Gasteiger partial charge on any atom is -0.383 e. The molecule has 2 aromatic rings. The van der Waals surface area contributed by atoms with E-state index in [0.717, 1.165) is 6.42 Å². The van der Waals surface area contributed by atoms with Gasteiger partial charge in [0.05, 0.1) is 12.7 Å². The van der Waals surface area contributed by atoms with Crippen LogP contribution in [0.5, 0.6) is 0 Å². The van der Waals surface area contributed by atoms with Crippen molar-refractivity contribution in [1.29, 1.82) is 0 Å². The maximum absolute atomic E-state index is 5.82. The number of rotatable bonds is 3. The van der Waals surface area contributed by atoms with Gasteiger partial charge in [0.15, 0.2) is 0 Å². The molecule has 0 aliphatic carbocycles. The van der Waals surface area contributed by atoms with E-state index in [4.69, 9.17) is 17.3 Å². The summed E-state index contributed by atoms with van der Waals surface area (Å²) in [6, 6.07) is 4.25. The molecule has 0 fully saturated rings. The second kappa shape index (κ2) is 4.24. The smallest absolute Gasteiger partial charge is 0.140 e. The van der Waals surface area contributed by atoms with Crippen LogP contribution in [-0.4, -0.2) is 9.78 Å². The SMILES string of the molecule is CCc1ccc(Cn2ncc(Cl)c2N)s1. The monoisotopic (exact) mass is 241 g/mol. The molecule has 0 aliphatic rings. The Hall–Kier alpha value is -1.000. The molecule has 0 bridgehead atoms. The molecule has 0 radical (unpaired) electrons. The Bertz CT molecular complexity index is 461. The largest absolute Gasteiger partial charge is 0.383 e. The molecule has 15 heavy (non-hydrogen) atoms. The van der Waals surface area contributed by atoms with E-state index in [-0.39, 0.29) is 0 Å². The van der Waals surface area contributed by atoms with Gasteiger partial charge in [0.1, 0.15) is 10.8 Å². The summed E-state index contributed by atoms with van der Waals surface area (Å²) in [6.45, 7) is 2.85. The van der Waals surface area contributed by atoms with Crippen LogP contribution in [0.4, 0.5) is 5.82 Å². The summed E-state index contributed by atoms with van der Waals surface area (Å²) in [6.07, 6.45) is 2.64. The zero-order valence-electron chi connectivity index (χ0n) is 8.40. The lowest BCUT2D eigenvalue weighted by molar-refractivity contribution is 0.705. The third-order valence-corrected chi connectivity index (χ3v) is 3.71. The number of thiophene rings is 1. The summed E-state index contributed by atoms with van der Waals surface area (Å²) in [5, 5.41) is 4.63. The van der Waals surface area contributed by atoms with Gasteiger partial charge in [-0.05, 0) is 18.6 Å². The van der Waals surface area contributed by atoms with Crippen molar-refractivity contribution in [2.24, 2.45) is 0 Å². The van der Waals surface area contributed by atoms with Crippen LogP contribution in [0, 0.1) is 0 Å². The Morgan fingerprint density at radius 1 is 1.47 bits per heavy atom. The summed E-state index contributed by atoms with van der Waals surface area (Å²) >= 11 is 7.61. The first-order chi connectivity index (χ1) is 7.20. The molecule has 0 aromatic carbocycles. The second-order valence-electron chi connectivity index (χ2n) is 3.26. The number of nitrogens with zero attached hydrogens (tertiary/aromatic N) is 2. The summed E-state index contributed by atoms with van der Waals surface area (Å²) < 4.78 is 1.72. The van der Waals surface area contributed by atoms with E-state index in [0.29, 0.717) is 17.4 Å². The van der Waals surface area contributed by atoms with Gasteiger partial charge in [-0.1, -0.05) is 18.5 Å². The highest BCUT2D eigenvalue weighted by Crippen LogP contribution is 2.22. The average Bonchev–Trinajstić information content (AvgIpc) is 2.80. The van der Waals surface area contributed by atoms with Crippen LogP contribution in [0.1, 0.15) is 16.7 Å². The fourth-order valence-corrected chi connectivity index (χ4v) is 2.42. The van der Waals surface area contributed by atoms with Gasteiger partial charge in [-0.15, -0.1) is 11.3 Å². The maximum Gasteiger partial charge on any atom is 0.140 e. The highest BCUT2D eigenvalue weighted by Gasteiger charge is 2.06. The number of nitrogens with two attached hydrogens (primary N) is 1. The van der Waals surface area contributed by atoms with Gasteiger partial charge in [0.25, 0.3) is 0 Å². The summed E-state index contributed by atoms with van der Waals surface area (Å²) in [7, 11) is 0. The quantitative estimate of drug-likeness (QED) is 0.898. The predicted octanol–water partition coefficient (Wildman–Crippen LogP) is 2.79. The van der Waals surface area contributed by atoms with E-state index in [2.05, 4.69) is 24.2 Å². The van der Waals surface area contributed by atoms with Crippen molar-refractivity contribution >= 4 is 28.8 Å². The van der Waals surface area contributed by atoms with Crippen molar-refractivity contribution in [1.82, 2.24) is 9.78 Å². The fourth-order valence-electron chi connectivity index (χ4n) is 1.34. The molecule has 5 heteroatoms. The van der Waals surface area contributed by atoms with Gasteiger partial charge in [0.2, 0.25) is 0 Å². The van der Waals surface area contributed by atoms with Gasteiger partial charge in [-0.3, -0.25) is 0 Å². The standard InChI is InChI=1S/C10H12ClN3S/c1-2-7-3-4-8(15-7)6-14-10(12)9(11)5-13-14/h3-5H,2,6,12H2,1H3. The van der Waals surface area contributed by atoms with E-state index in [9.17, 15) is 0 Å². The van der Waals surface area contributed by atoms with Crippen LogP contribution in [0.2, 0.25) is 5.02 Å². The number of hydrogen-bond donors (Lipinski definition) is 1. The third kappa shape index (κ3) is 2.16. The third-order valence-electron chi connectivity index (χ3n) is 2.20. The van der Waals surface area contributed by atoms with Crippen molar-refractivity contribution in [3.63, 3.8) is 0 Å². The number of aryl methyl sites for hydroxylation is 1. The second-order valence-corrected chi connectivity index (χ2v) is 4.92. The lowest BCUT2D eigenvalue weighted by atomic mass is 10.4. The summed E-state index contributed by atoms with van der Waals surface area (Å²) in [4.78, 5) is 2.63. The molecule has 0 saturated carbocycles. The molecule has 2 rings (SSSR count). The number of halogens is 1. The minimum absolute atomic E-state index is 0.516. The van der Waals surface area contributed by atoms with E-state index < -0.39 is 0 Å². The van der Waals surface area contributed by atoms with E-state index >= 15 is 0 Å². The van der Waals surface area contributed by atoms with Crippen molar-refractivity contribution in [3.8, 4) is 0 Å². The van der Waals surface area contributed by atoms with Crippen molar-refractivity contribution in [2.75, 3.05) is 5.73 Å². The van der Waals surface area contributed by atoms with Crippen LogP contribution in [0.15, 0.2) is 18.3 Å². The van der Waals surface area contributed by atoms with E-state index in [1.165, 1.54) is 9.75 Å². The van der Waals surface area contributed by atoms with Gasteiger partial charge in [-0.25, -0.2) is 4.68 Å². The first-order valence-electron chi connectivity index (χ1n) is 4.75. The molecule has 0 amide bonds. The Balaban J connectivity index is 2.18. The molecule has 0 unspecified atom stereocenters. The van der Waals surface area contributed by atoms with Gasteiger partial charge >= 0.3 is 0 Å². The number of nitrogen functional groups attached to an aromatic ring is 1. The molecule has 0 spiro atoms. The molecular weight excluding hydrogens is 230 g/mol. The Kier molecular flexibility index (Phi) is 2.98. The molecule has 2 heterocycles. The lowest BCUT2D eigenvalue weighted by Crippen LogP contribution is -2.04. The fraction of sp³-hybridized carbons (Fsp3) is 0.300. The number of aromatic nitrogens is 2. The normalized spacial score (nSPS) is 10.8. The highest BCUT2D eigenvalue weighted by atomic mass is 35.5. The van der Waals surface area contributed by atoms with Crippen LogP contribution in [0.25, 0.3) is 0 Å². The zero-order valence-corrected chi connectivity index (χ0v) is 9.98. The van der Waals surface area contributed by atoms with Crippen LogP contribution in [-0.2, 0) is 13.0 Å². The van der Waals surface area contributed by atoms with Crippen LogP contribution in [0.3, 0.4) is 0 Å². The van der Waals surface area contributed by atoms with E-state index in [1.807, 2.05) is 0 Å². The van der Waals surface area contributed by atoms with Gasteiger partial charge in [-0.2, -0.15) is 5.10 Å². The first-order valence-corrected chi connectivity index (χ1v) is 5.94. The topological polar surface area (TPSA) is 43.8 Å². The molecule has 0 saturated heterocycles. The molecule has 0 aliphatic heterocycles. The first kappa shape index (κ1) is 10.5.